The van der Waals surface area contributed by atoms with Gasteiger partial charge >= 0.3 is 103 Å². The molecule has 4 nitrogen and oxygen atoms in total. The molecule has 3 N–H and O–H groups in total. The van der Waals surface area contributed by atoms with Crippen LogP contribution in [0.25, 0.3) is 0 Å². The molecule has 0 bridgehead atoms. The molecule has 1 atom stereocenters. The Labute approximate surface area is 103 Å². The Balaban J connectivity index is 4.76. The summed E-state index contributed by atoms with van der Waals surface area (Å²) in [6.07, 6.45) is 2.94. The summed E-state index contributed by atoms with van der Waals surface area (Å²) in [6.45, 7) is 7.07. The molecule has 0 aliphatic carbocycles. The van der Waals surface area contributed by atoms with E-state index in [9.17, 15) is 9.59 Å². The number of carbonyl (C=O) groups excluding carboxylic acids is 2. The van der Waals surface area contributed by atoms with Gasteiger partial charge in [0, 0.05) is 0 Å². The number of rotatable bonds is 6. The Morgan fingerprint density at radius 3 is 2.31 bits per heavy atom. The van der Waals surface area contributed by atoms with E-state index in [1.807, 2.05) is 0 Å². The molecule has 92 valence electrons. The minimum atomic E-state index is -0.694. The van der Waals surface area contributed by atoms with Gasteiger partial charge < -0.3 is 0 Å². The van der Waals surface area contributed by atoms with Crippen LogP contribution in [0.15, 0.2) is 24.3 Å². The molecule has 0 aromatic heterocycles. The number of hydrogen-bond donors (Lipinski definition) is 2. The van der Waals surface area contributed by atoms with Crippen LogP contribution >= 0.6 is 0 Å². The van der Waals surface area contributed by atoms with E-state index in [-0.39, 0.29) is 5.92 Å². The molecule has 2 amide bonds. The van der Waals surface area contributed by atoms with Crippen LogP contribution < -0.4 is 11.1 Å². The molecule has 0 aromatic rings. The number of primary amides is 1. The fraction of sp³-hybridized carbons (Fsp3) is 0.364. The third-order valence-corrected chi connectivity index (χ3v) is 2.22. The van der Waals surface area contributed by atoms with Gasteiger partial charge in [0.2, 0.25) is 0 Å². The van der Waals surface area contributed by atoms with Gasteiger partial charge in [-0.1, -0.05) is 0 Å². The summed E-state index contributed by atoms with van der Waals surface area (Å²) >= 11 is 4.39. The van der Waals surface area contributed by atoms with Crippen molar-refractivity contribution >= 4 is 16.8 Å². The molecule has 0 aliphatic rings. The van der Waals surface area contributed by atoms with Gasteiger partial charge in [-0.3, -0.25) is 0 Å². The van der Waals surface area contributed by atoms with Crippen LogP contribution in [0.1, 0.15) is 13.8 Å². The second-order valence-electron chi connectivity index (χ2n) is 3.55. The Morgan fingerprint density at radius 2 is 2.00 bits per heavy atom. The summed E-state index contributed by atoms with van der Waals surface area (Å²) in [5.41, 5.74) is 5.47. The minimum absolute atomic E-state index is 0.0692. The zero-order valence-electron chi connectivity index (χ0n) is 9.30. The number of nitrogens with two attached hydrogens (primary N) is 1. The molecule has 0 radical (unpaired) electrons. The van der Waals surface area contributed by atoms with E-state index in [0.717, 1.165) is 0 Å². The molecule has 0 spiro atoms. The molecule has 0 heterocycles. The maximum absolute atomic E-state index is 11.7. The summed E-state index contributed by atoms with van der Waals surface area (Å²) < 4.78 is 0. The molecule has 0 aliphatic heterocycles. The number of carbonyl (C=O) groups is 2. The van der Waals surface area contributed by atoms with Crippen LogP contribution in [0.5, 0.6) is 0 Å². The average Bonchev–Trinajstić information content (AvgIpc) is 2.21. The van der Waals surface area contributed by atoms with Crippen molar-refractivity contribution in [3.63, 3.8) is 0 Å². The van der Waals surface area contributed by atoms with Crippen LogP contribution in [0, 0.1) is 5.92 Å². The first-order valence-electron chi connectivity index (χ1n) is 4.76. The molecule has 0 saturated carbocycles. The normalized spacial score (nSPS) is 13.2. The summed E-state index contributed by atoms with van der Waals surface area (Å²) in [4.78, 5) is 24.0. The maximum atomic E-state index is 11.7. The van der Waals surface area contributed by atoms with Gasteiger partial charge in [-0.05, 0) is 0 Å². The first kappa shape index (κ1) is 14.8. The third kappa shape index (κ3) is 4.54. The quantitative estimate of drug-likeness (QED) is 0.406. The summed E-state index contributed by atoms with van der Waals surface area (Å²) in [5, 5.41) is 2.53. The van der Waals surface area contributed by atoms with Crippen molar-refractivity contribution in [1.82, 2.24) is 5.32 Å². The second-order valence-corrected chi connectivity index (χ2v) is 3.83. The predicted molar refractivity (Wildman–Crippen MR) is 60.3 cm³/mol. The van der Waals surface area contributed by atoms with Crippen molar-refractivity contribution in [1.29, 1.82) is 0 Å². The Kier molecular flexibility index (Phi) is 6.58. The Hall–Kier alpha value is -1.22. The molecule has 0 rings (SSSR count). The Bertz CT molecular complexity index is 335. The van der Waals surface area contributed by atoms with Gasteiger partial charge in [-0.25, -0.2) is 0 Å². The molecule has 5 heteroatoms. The van der Waals surface area contributed by atoms with Crippen molar-refractivity contribution in [3.05, 3.63) is 24.3 Å². The van der Waals surface area contributed by atoms with Gasteiger partial charge in [0.15, 0.2) is 0 Å². The number of allylic oxidation sites excluding steroid dienone is 2. The van der Waals surface area contributed by atoms with Crippen LogP contribution in [0.3, 0.4) is 0 Å². The third-order valence-electron chi connectivity index (χ3n) is 1.92. The fourth-order valence-corrected chi connectivity index (χ4v) is 1.29. The van der Waals surface area contributed by atoms with Crippen LogP contribution in [-0.4, -0.2) is 22.9 Å². The summed E-state index contributed by atoms with van der Waals surface area (Å²) in [7, 11) is 0. The monoisotopic (exact) mass is 266 g/mol. The van der Waals surface area contributed by atoms with Crippen molar-refractivity contribution < 1.29 is 24.6 Å². The molecule has 0 aromatic carbocycles. The number of nitrogens with one attached hydrogen (secondary N) is 1. The van der Waals surface area contributed by atoms with Crippen LogP contribution in [-0.2, 0) is 24.6 Å². The number of hydrogen-bond acceptors (Lipinski definition) is 2. The van der Waals surface area contributed by atoms with E-state index in [2.05, 4.69) is 26.9 Å². The first-order valence-corrected chi connectivity index (χ1v) is 5.33. The van der Waals surface area contributed by atoms with Gasteiger partial charge in [-0.2, -0.15) is 0 Å². The van der Waals surface area contributed by atoms with Gasteiger partial charge in [0.05, 0.1) is 0 Å². The van der Waals surface area contributed by atoms with Gasteiger partial charge in [-0.15, -0.1) is 0 Å². The van der Waals surface area contributed by atoms with Crippen LogP contribution in [0.4, 0.5) is 0 Å². The molecule has 0 unspecified atom stereocenters. The van der Waals surface area contributed by atoms with Crippen molar-refractivity contribution in [2.45, 2.75) is 19.9 Å². The van der Waals surface area contributed by atoms with E-state index in [1.165, 1.54) is 17.1 Å². The van der Waals surface area contributed by atoms with Crippen molar-refractivity contribution in [3.8, 4) is 0 Å². The molecule has 16 heavy (non-hydrogen) atoms. The molecule has 0 fully saturated rings. The molecular formula is C11H16N2NiO2. The van der Waals surface area contributed by atoms with Gasteiger partial charge in [0.25, 0.3) is 0 Å². The molecular weight excluding hydrogens is 251 g/mol. The number of amides is 2. The van der Waals surface area contributed by atoms with Crippen molar-refractivity contribution in [2.75, 3.05) is 0 Å². The van der Waals surface area contributed by atoms with Crippen molar-refractivity contribution in [2.24, 2.45) is 11.7 Å². The van der Waals surface area contributed by atoms with Gasteiger partial charge in [0.1, 0.15) is 0 Å². The van der Waals surface area contributed by atoms with E-state index in [4.69, 9.17) is 5.73 Å². The van der Waals surface area contributed by atoms with E-state index in [0.29, 0.717) is 5.57 Å². The first-order chi connectivity index (χ1) is 7.43. The van der Waals surface area contributed by atoms with E-state index < -0.39 is 17.9 Å². The molecule has 0 saturated heterocycles. The standard InChI is InChI=1S/C11H16N2O2.Ni/c1-5-6-8(4)11(15)13-9(7(2)3)10(12)14;/h4-7,9H,1H2,2-3H3,(H2,12,14)(H,13,15);/b8-6+;/t9-;/m0./s1. The zero-order chi connectivity index (χ0) is 12.7. The average molecular weight is 267 g/mol. The topological polar surface area (TPSA) is 72.2 Å². The predicted octanol–water partition coefficient (Wildman–Crippen LogP) is 0.0739. The zero-order valence-corrected chi connectivity index (χ0v) is 10.3. The SMILES string of the molecule is C=C/C=C(\[CH]=[Ni])C(=O)N[C@H](C(N)=O)C(C)C. The second kappa shape index (κ2) is 7.12. The van der Waals surface area contributed by atoms with Crippen LogP contribution in [0.2, 0.25) is 0 Å². The van der Waals surface area contributed by atoms with E-state index in [1.54, 1.807) is 13.8 Å². The fourth-order valence-electron chi connectivity index (χ4n) is 1.07. The van der Waals surface area contributed by atoms with E-state index >= 15 is 0 Å². The summed E-state index contributed by atoms with van der Waals surface area (Å²) in [6, 6.07) is -0.694. The Morgan fingerprint density at radius 1 is 1.44 bits per heavy atom. The summed E-state index contributed by atoms with van der Waals surface area (Å²) in [5.74, 6) is -1.04.